The summed E-state index contributed by atoms with van der Waals surface area (Å²) in [6.07, 6.45) is 1.78. The Morgan fingerprint density at radius 1 is 1.47 bits per heavy atom. The van der Waals surface area contributed by atoms with Gasteiger partial charge in [0.05, 0.1) is 19.4 Å². The maximum Gasteiger partial charge on any atom is 0.235 e. The molecule has 0 rings (SSSR count). The Morgan fingerprint density at radius 2 is 2.06 bits per heavy atom. The Bertz CT molecular complexity index is 329. The third kappa shape index (κ3) is 6.60. The number of amides is 1. The van der Waals surface area contributed by atoms with Gasteiger partial charge in [0.1, 0.15) is 0 Å². The summed E-state index contributed by atoms with van der Waals surface area (Å²) in [6, 6.07) is -0.182. The molecular weight excluding hydrogens is 244 g/mol. The first-order valence-electron chi connectivity index (χ1n) is 5.55. The van der Waals surface area contributed by atoms with Crippen molar-refractivity contribution in [1.82, 2.24) is 9.62 Å². The highest BCUT2D eigenvalue weighted by Gasteiger charge is 2.24. The average Bonchev–Trinajstić information content (AvgIpc) is 2.23. The lowest BCUT2D eigenvalue weighted by atomic mass is 10.2. The van der Waals surface area contributed by atoms with E-state index in [1.165, 1.54) is 11.4 Å². The lowest BCUT2D eigenvalue weighted by Gasteiger charge is -2.25. The standard InChI is InChI=1S/C10H22N2O4S/c1-5-9(2)12(17(4,14)15)8-10(13)11-6-7-16-3/h9H,5-8H2,1-4H3,(H,11,13). The van der Waals surface area contributed by atoms with Gasteiger partial charge in [0.15, 0.2) is 0 Å². The fraction of sp³-hybridized carbons (Fsp3) is 0.900. The quantitative estimate of drug-likeness (QED) is 0.618. The number of nitrogens with one attached hydrogen (secondary N) is 1. The Kier molecular flexibility index (Phi) is 7.33. The van der Waals surface area contributed by atoms with E-state index in [1.807, 2.05) is 6.92 Å². The number of rotatable bonds is 8. The summed E-state index contributed by atoms with van der Waals surface area (Å²) in [7, 11) is -1.82. The topological polar surface area (TPSA) is 75.7 Å². The fourth-order valence-electron chi connectivity index (χ4n) is 1.29. The van der Waals surface area contributed by atoms with Crippen LogP contribution in [0.15, 0.2) is 0 Å². The smallest absolute Gasteiger partial charge is 0.235 e. The average molecular weight is 266 g/mol. The van der Waals surface area contributed by atoms with Crippen molar-refractivity contribution in [1.29, 1.82) is 0 Å². The van der Waals surface area contributed by atoms with Gasteiger partial charge in [-0.05, 0) is 13.3 Å². The number of carbonyl (C=O) groups excluding carboxylic acids is 1. The number of ether oxygens (including phenoxy) is 1. The van der Waals surface area contributed by atoms with E-state index < -0.39 is 10.0 Å². The highest BCUT2D eigenvalue weighted by molar-refractivity contribution is 7.88. The van der Waals surface area contributed by atoms with E-state index in [2.05, 4.69) is 5.32 Å². The second-order valence-electron chi connectivity index (χ2n) is 3.91. The molecule has 0 saturated carbocycles. The van der Waals surface area contributed by atoms with E-state index in [-0.39, 0.29) is 18.5 Å². The fourth-order valence-corrected chi connectivity index (χ4v) is 2.45. The number of carbonyl (C=O) groups is 1. The molecule has 0 heterocycles. The number of hydrogen-bond acceptors (Lipinski definition) is 4. The van der Waals surface area contributed by atoms with Crippen LogP contribution in [-0.2, 0) is 19.6 Å². The van der Waals surface area contributed by atoms with Gasteiger partial charge < -0.3 is 10.1 Å². The second kappa shape index (κ2) is 7.62. The molecule has 0 spiro atoms. The van der Waals surface area contributed by atoms with Gasteiger partial charge in [-0.3, -0.25) is 4.79 Å². The van der Waals surface area contributed by atoms with Gasteiger partial charge >= 0.3 is 0 Å². The molecule has 0 aliphatic carbocycles. The third-order valence-electron chi connectivity index (χ3n) is 2.44. The molecule has 1 atom stereocenters. The van der Waals surface area contributed by atoms with E-state index >= 15 is 0 Å². The predicted molar refractivity (Wildman–Crippen MR) is 66.2 cm³/mol. The minimum absolute atomic E-state index is 0.141. The molecule has 0 saturated heterocycles. The van der Waals surface area contributed by atoms with E-state index in [4.69, 9.17) is 4.74 Å². The van der Waals surface area contributed by atoms with Crippen LogP contribution in [0.25, 0.3) is 0 Å². The van der Waals surface area contributed by atoms with Crippen LogP contribution in [0.4, 0.5) is 0 Å². The van der Waals surface area contributed by atoms with Crippen LogP contribution < -0.4 is 5.32 Å². The molecule has 1 amide bonds. The summed E-state index contributed by atoms with van der Waals surface area (Å²) in [5.74, 6) is -0.312. The largest absolute Gasteiger partial charge is 0.383 e. The van der Waals surface area contributed by atoms with Crippen LogP contribution in [0, 0.1) is 0 Å². The summed E-state index contributed by atoms with van der Waals surface area (Å²) in [6.45, 7) is 4.31. The highest BCUT2D eigenvalue weighted by atomic mass is 32.2. The number of methoxy groups -OCH3 is 1. The first-order valence-corrected chi connectivity index (χ1v) is 7.40. The Labute approximate surface area is 103 Å². The summed E-state index contributed by atoms with van der Waals surface area (Å²) >= 11 is 0. The van der Waals surface area contributed by atoms with Gasteiger partial charge in [-0.2, -0.15) is 4.31 Å². The molecule has 1 unspecified atom stereocenters. The molecule has 0 aliphatic heterocycles. The normalized spacial score (nSPS) is 13.7. The molecule has 17 heavy (non-hydrogen) atoms. The SMILES string of the molecule is CCC(C)N(CC(=O)NCCOC)S(C)(=O)=O. The van der Waals surface area contributed by atoms with Gasteiger partial charge in [-0.25, -0.2) is 8.42 Å². The zero-order chi connectivity index (χ0) is 13.5. The molecular formula is C10H22N2O4S. The number of hydrogen-bond donors (Lipinski definition) is 1. The summed E-state index contributed by atoms with van der Waals surface area (Å²) in [5.41, 5.74) is 0. The number of nitrogens with zero attached hydrogens (tertiary/aromatic N) is 1. The van der Waals surface area contributed by atoms with Crippen molar-refractivity contribution >= 4 is 15.9 Å². The monoisotopic (exact) mass is 266 g/mol. The van der Waals surface area contributed by atoms with Gasteiger partial charge in [0.2, 0.25) is 15.9 Å². The van der Waals surface area contributed by atoms with Crippen LogP contribution in [0.1, 0.15) is 20.3 Å². The third-order valence-corrected chi connectivity index (χ3v) is 3.78. The molecule has 102 valence electrons. The lowest BCUT2D eigenvalue weighted by Crippen LogP contribution is -2.45. The van der Waals surface area contributed by atoms with E-state index in [0.29, 0.717) is 19.6 Å². The second-order valence-corrected chi connectivity index (χ2v) is 5.84. The number of sulfonamides is 1. The molecule has 0 aromatic heterocycles. The van der Waals surface area contributed by atoms with Crippen LogP contribution in [0.3, 0.4) is 0 Å². The van der Waals surface area contributed by atoms with Crippen molar-refractivity contribution in [3.05, 3.63) is 0 Å². The minimum atomic E-state index is -3.36. The zero-order valence-electron chi connectivity index (χ0n) is 10.9. The Balaban J connectivity index is 4.40. The van der Waals surface area contributed by atoms with E-state index in [1.54, 1.807) is 6.92 Å². The summed E-state index contributed by atoms with van der Waals surface area (Å²) in [5, 5.41) is 2.60. The van der Waals surface area contributed by atoms with Crippen molar-refractivity contribution in [3.63, 3.8) is 0 Å². The van der Waals surface area contributed by atoms with Gasteiger partial charge in [0.25, 0.3) is 0 Å². The van der Waals surface area contributed by atoms with Crippen molar-refractivity contribution in [2.75, 3.05) is 33.1 Å². The summed E-state index contributed by atoms with van der Waals surface area (Å²) < 4.78 is 29.0. The van der Waals surface area contributed by atoms with E-state index in [0.717, 1.165) is 6.26 Å². The molecule has 0 aromatic carbocycles. The highest BCUT2D eigenvalue weighted by Crippen LogP contribution is 2.07. The lowest BCUT2D eigenvalue weighted by molar-refractivity contribution is -0.121. The van der Waals surface area contributed by atoms with Crippen molar-refractivity contribution in [3.8, 4) is 0 Å². The zero-order valence-corrected chi connectivity index (χ0v) is 11.7. The molecule has 0 aromatic rings. The molecule has 7 heteroatoms. The first kappa shape index (κ1) is 16.3. The van der Waals surface area contributed by atoms with Crippen LogP contribution >= 0.6 is 0 Å². The maximum absolute atomic E-state index is 11.5. The molecule has 0 radical (unpaired) electrons. The molecule has 1 N–H and O–H groups in total. The summed E-state index contributed by atoms with van der Waals surface area (Å²) in [4.78, 5) is 11.5. The maximum atomic E-state index is 11.5. The Morgan fingerprint density at radius 3 is 2.47 bits per heavy atom. The molecule has 0 aliphatic rings. The molecule has 6 nitrogen and oxygen atoms in total. The van der Waals surface area contributed by atoms with Crippen molar-refractivity contribution in [2.24, 2.45) is 0 Å². The van der Waals surface area contributed by atoms with Crippen LogP contribution in [0.5, 0.6) is 0 Å². The van der Waals surface area contributed by atoms with Crippen LogP contribution in [-0.4, -0.2) is 57.7 Å². The van der Waals surface area contributed by atoms with Gasteiger partial charge in [-0.15, -0.1) is 0 Å². The minimum Gasteiger partial charge on any atom is -0.383 e. The molecule has 0 fully saturated rings. The van der Waals surface area contributed by atoms with Gasteiger partial charge in [-0.1, -0.05) is 6.92 Å². The van der Waals surface area contributed by atoms with Crippen molar-refractivity contribution in [2.45, 2.75) is 26.3 Å². The van der Waals surface area contributed by atoms with Gasteiger partial charge in [0, 0.05) is 19.7 Å². The first-order chi connectivity index (χ1) is 7.82. The van der Waals surface area contributed by atoms with Crippen LogP contribution in [0.2, 0.25) is 0 Å². The predicted octanol–water partition coefficient (Wildman–Crippen LogP) is -0.191. The van der Waals surface area contributed by atoms with E-state index in [9.17, 15) is 13.2 Å². The molecule has 0 bridgehead atoms. The Hall–Kier alpha value is -0.660. The van der Waals surface area contributed by atoms with Crippen molar-refractivity contribution < 1.29 is 17.9 Å².